The van der Waals surface area contributed by atoms with Crippen LogP contribution >= 0.6 is 31.3 Å². The van der Waals surface area contributed by atoms with Crippen LogP contribution in [-0.4, -0.2) is 101 Å². The van der Waals surface area contributed by atoms with Crippen LogP contribution in [0.1, 0.15) is 123 Å². The summed E-state index contributed by atoms with van der Waals surface area (Å²) in [6, 6.07) is 40.1. The molecule has 19 nitrogen and oxygen atoms in total. The van der Waals surface area contributed by atoms with E-state index in [0.29, 0.717) is 71.8 Å². The fourth-order valence-electron chi connectivity index (χ4n) is 11.8. The van der Waals surface area contributed by atoms with E-state index in [0.717, 1.165) is 41.7 Å². The van der Waals surface area contributed by atoms with Crippen LogP contribution in [-0.2, 0) is 87.6 Å². The highest BCUT2D eigenvalue weighted by Crippen LogP contribution is 2.67. The molecule has 8 bridgehead atoms. The van der Waals surface area contributed by atoms with Gasteiger partial charge in [0.1, 0.15) is 41.4 Å². The van der Waals surface area contributed by atoms with E-state index in [-0.39, 0.29) is 35.9 Å². The first kappa shape index (κ1) is 64.5. The van der Waals surface area contributed by atoms with Gasteiger partial charge < -0.3 is 14.2 Å². The average molecular weight is 1230 g/mol. The summed E-state index contributed by atoms with van der Waals surface area (Å²) in [5.74, 6) is 1.06. The molecule has 16 rings (SSSR count). The summed E-state index contributed by atoms with van der Waals surface area (Å²) in [5, 5.41) is 0. The van der Waals surface area contributed by atoms with E-state index >= 15 is 0 Å². The van der Waals surface area contributed by atoms with Crippen molar-refractivity contribution in [2.75, 3.05) is 59.5 Å². The molecule has 0 amide bonds. The molecule has 0 N–H and O–H groups in total. The number of hydrogen-bond acceptors (Lipinski definition) is 19. The fourth-order valence-corrected chi connectivity index (χ4v) is 18.6. The predicted molar refractivity (Wildman–Crippen MR) is 311 cm³/mol. The number of fused-ring (bicyclic) bond motifs is 12. The minimum absolute atomic E-state index is 0.000772. The summed E-state index contributed by atoms with van der Waals surface area (Å²) in [5.41, 5.74) is 0.303. The lowest BCUT2D eigenvalue weighted by atomic mass is 9.76. The molecule has 4 aromatic carbocycles. The first-order chi connectivity index (χ1) is 39.8. The number of phosphoric ester groups is 4. The number of phosphoric acid groups is 4. The quantitative estimate of drug-likeness (QED) is 0.0486. The maximum atomic E-state index is 12.3. The molecule has 0 aromatic heterocycles. The zero-order valence-corrected chi connectivity index (χ0v) is 52.7. The zero-order valence-electron chi connectivity index (χ0n) is 49.1. The molecule has 0 saturated carbocycles. The average Bonchev–Trinajstić information content (AvgIpc) is 1.09. The molecule has 12 fully saturated rings. The summed E-state index contributed by atoms with van der Waals surface area (Å²) >= 11 is 0. The van der Waals surface area contributed by atoms with Gasteiger partial charge in [-0.3, -0.25) is 54.3 Å². The SMILES string of the molecule is CCC12COP(=O)(OC1)OC2C(C)C.CCC1OP2(=O)OC(C)C1(Oc1ccccc1)C(C)O2.CCCCCCCOC12COP(=O)(OC1)OC2CC.O=P12OCC(COC(c3ccccc3)(c3ccccc3)c3ccccc3)(CO1)CO2. The number of benzene rings is 4. The van der Waals surface area contributed by atoms with Gasteiger partial charge in [-0.2, -0.15) is 0 Å². The molecule has 23 heteroatoms. The Kier molecular flexibility index (Phi) is 21.1. The standard InChI is InChI=1S/C24H23O5P.C14H19O5P.C13H25O5P.C9H17O4P/c25-30-27-17-23(18-28-30,19-29-30)16-26-24(20-10-4-1-5-11-20,21-12-6-2-7-13-21)22-14-8-3-9-15-22;1-4-13-14(16-12-8-6-5-7-9-12)10(2)17-20(15,19-13)18-11(14)3;1-3-5-6-7-8-9-15-13-10-16-19(14,17-11-13)18-12(13)4-2;1-4-9-5-11-14(10,12-6-9)13-8(9)7(2)3/h1-15H,16-19H2;5-11,13H,4H2,1-3H3;12H,3-11H2,1-2H3;7-8H,4-6H2,1-3H3. The van der Waals surface area contributed by atoms with Crippen LogP contribution in [0.25, 0.3) is 0 Å². The second kappa shape index (κ2) is 27.2. The minimum Gasteiger partial charge on any atom is -0.479 e. The Morgan fingerprint density at radius 1 is 0.518 bits per heavy atom. The Labute approximate surface area is 490 Å². The fraction of sp³-hybridized carbons (Fsp3) is 0.600. The summed E-state index contributed by atoms with van der Waals surface area (Å²) in [6.45, 7) is 19.7. The molecule has 12 aliphatic heterocycles. The van der Waals surface area contributed by atoms with E-state index < -0.39 is 53.5 Å². The Morgan fingerprint density at radius 2 is 0.964 bits per heavy atom. The summed E-state index contributed by atoms with van der Waals surface area (Å²) in [6.07, 6.45) is 7.13. The normalized spacial score (nSPS) is 36.4. The summed E-state index contributed by atoms with van der Waals surface area (Å²) < 4.78 is 131. The molecular weight excluding hydrogens is 1150 g/mol. The van der Waals surface area contributed by atoms with Crippen LogP contribution in [0.2, 0.25) is 0 Å². The third-order valence-corrected chi connectivity index (χ3v) is 22.5. The van der Waals surface area contributed by atoms with Crippen molar-refractivity contribution in [1.82, 2.24) is 0 Å². The lowest BCUT2D eigenvalue weighted by Gasteiger charge is -2.55. The summed E-state index contributed by atoms with van der Waals surface area (Å²) in [7, 11) is -13.3. The second-order valence-corrected chi connectivity index (χ2v) is 29.3. The van der Waals surface area contributed by atoms with Crippen molar-refractivity contribution < 1.29 is 86.8 Å². The van der Waals surface area contributed by atoms with Gasteiger partial charge >= 0.3 is 31.3 Å². The van der Waals surface area contributed by atoms with Crippen molar-refractivity contribution in [1.29, 1.82) is 0 Å². The van der Waals surface area contributed by atoms with Gasteiger partial charge in [0, 0.05) is 12.0 Å². The lowest BCUT2D eigenvalue weighted by molar-refractivity contribution is -0.235. The van der Waals surface area contributed by atoms with Crippen LogP contribution in [0.5, 0.6) is 5.75 Å². The van der Waals surface area contributed by atoms with Crippen molar-refractivity contribution >= 4 is 31.3 Å². The molecule has 5 atom stereocenters. The van der Waals surface area contributed by atoms with Gasteiger partial charge in [0.2, 0.25) is 0 Å². The lowest BCUT2D eigenvalue weighted by Crippen LogP contribution is -2.69. The van der Waals surface area contributed by atoms with Crippen molar-refractivity contribution in [3.63, 3.8) is 0 Å². The van der Waals surface area contributed by atoms with Gasteiger partial charge in [0.15, 0.2) is 5.60 Å². The molecule has 0 radical (unpaired) electrons. The Balaban J connectivity index is 0.000000138. The minimum atomic E-state index is -3.44. The summed E-state index contributed by atoms with van der Waals surface area (Å²) in [4.78, 5) is 0. The van der Waals surface area contributed by atoms with Crippen LogP contribution in [0, 0.1) is 16.7 Å². The van der Waals surface area contributed by atoms with Crippen LogP contribution in [0.15, 0.2) is 121 Å². The third-order valence-electron chi connectivity index (χ3n) is 16.7. The van der Waals surface area contributed by atoms with Gasteiger partial charge in [-0.15, -0.1) is 0 Å². The van der Waals surface area contributed by atoms with Crippen molar-refractivity contribution in [2.45, 2.75) is 154 Å². The predicted octanol–water partition coefficient (Wildman–Crippen LogP) is 15.0. The molecule has 0 aliphatic carbocycles. The van der Waals surface area contributed by atoms with E-state index in [2.05, 4.69) is 64.1 Å². The highest BCUT2D eigenvalue weighted by Gasteiger charge is 2.66. The van der Waals surface area contributed by atoms with E-state index in [1.54, 1.807) is 0 Å². The van der Waals surface area contributed by atoms with E-state index in [1.165, 1.54) is 25.7 Å². The molecule has 458 valence electrons. The van der Waals surface area contributed by atoms with Crippen LogP contribution in [0.3, 0.4) is 0 Å². The highest BCUT2D eigenvalue weighted by atomic mass is 31.2. The van der Waals surface area contributed by atoms with Crippen LogP contribution < -0.4 is 4.74 Å². The van der Waals surface area contributed by atoms with E-state index in [9.17, 15) is 18.3 Å². The van der Waals surface area contributed by atoms with E-state index in [1.807, 2.05) is 113 Å². The number of unbranched alkanes of at least 4 members (excludes halogenated alkanes) is 4. The van der Waals surface area contributed by atoms with Crippen molar-refractivity contribution in [2.24, 2.45) is 16.7 Å². The van der Waals surface area contributed by atoms with Crippen LogP contribution in [0.4, 0.5) is 0 Å². The topological polar surface area (TPSA) is 207 Å². The Bertz CT molecular complexity index is 2730. The highest BCUT2D eigenvalue weighted by molar-refractivity contribution is 7.49. The molecule has 83 heavy (non-hydrogen) atoms. The van der Waals surface area contributed by atoms with Crippen molar-refractivity contribution in [3.8, 4) is 5.75 Å². The zero-order chi connectivity index (χ0) is 59.0. The van der Waals surface area contributed by atoms with E-state index in [4.69, 9.17) is 68.5 Å². The maximum absolute atomic E-state index is 12.3. The number of hydrogen-bond donors (Lipinski definition) is 0. The monoisotopic (exact) mass is 1230 g/mol. The van der Waals surface area contributed by atoms with Gasteiger partial charge in [0.05, 0.1) is 64.4 Å². The molecule has 4 aromatic rings. The second-order valence-electron chi connectivity index (χ2n) is 22.9. The maximum Gasteiger partial charge on any atom is 0.476 e. The van der Waals surface area contributed by atoms with Gasteiger partial charge in [-0.05, 0) is 74.3 Å². The molecule has 12 heterocycles. The van der Waals surface area contributed by atoms with Gasteiger partial charge in [-0.25, -0.2) is 18.3 Å². The first-order valence-electron chi connectivity index (χ1n) is 29.3. The molecule has 0 spiro atoms. The third kappa shape index (κ3) is 14.0. The number of ether oxygens (including phenoxy) is 3. The van der Waals surface area contributed by atoms with Gasteiger partial charge in [-0.1, -0.05) is 176 Å². The number of rotatable bonds is 19. The Hall–Kier alpha value is -2.96. The molecule has 12 saturated heterocycles. The molecule has 12 aliphatic rings. The van der Waals surface area contributed by atoms with Crippen molar-refractivity contribution in [3.05, 3.63) is 138 Å². The van der Waals surface area contributed by atoms with Gasteiger partial charge in [0.25, 0.3) is 0 Å². The smallest absolute Gasteiger partial charge is 0.476 e. The largest absolute Gasteiger partial charge is 0.479 e. The first-order valence-corrected chi connectivity index (χ1v) is 35.2. The molecular formula is C60H84O19P4. The Morgan fingerprint density at radius 3 is 1.43 bits per heavy atom. The number of para-hydroxylation sites is 1. The molecule has 5 unspecified atom stereocenters.